The molecule has 0 bridgehead atoms. The first-order valence-corrected chi connectivity index (χ1v) is 11.1. The van der Waals surface area contributed by atoms with Gasteiger partial charge >= 0.3 is 11.4 Å². The number of phenols is 1. The molecule has 4 unspecified atom stereocenters. The molecule has 1 saturated carbocycles. The third-order valence-corrected chi connectivity index (χ3v) is 8.20. The summed E-state index contributed by atoms with van der Waals surface area (Å²) in [5, 5.41) is 11.0. The second kappa shape index (κ2) is 6.79. The molecule has 2 aliphatic carbocycles. The number of allylic oxidation sites excluding steroid dienone is 4. The van der Waals surface area contributed by atoms with E-state index in [9.17, 15) is 24.3 Å². The molecule has 3 aliphatic rings. The van der Waals surface area contributed by atoms with Crippen LogP contribution in [-0.4, -0.2) is 30.6 Å². The summed E-state index contributed by atoms with van der Waals surface area (Å²) in [6.45, 7) is 7.14. The number of benzene rings is 1. The Morgan fingerprint density at radius 1 is 1.03 bits per heavy atom. The summed E-state index contributed by atoms with van der Waals surface area (Å²) in [7, 11) is 1.44. The number of rotatable bonds is 1. The molecule has 0 spiro atoms. The maximum atomic E-state index is 13.8. The van der Waals surface area contributed by atoms with Gasteiger partial charge in [-0.25, -0.2) is 23.5 Å². The second-order valence-corrected chi connectivity index (χ2v) is 9.73. The van der Waals surface area contributed by atoms with Crippen molar-refractivity contribution in [2.24, 2.45) is 18.4 Å². The normalized spacial score (nSPS) is 28.9. The molecule has 1 fully saturated rings. The minimum Gasteiger partial charge on any atom is -0.507 e. The van der Waals surface area contributed by atoms with Crippen molar-refractivity contribution in [1.82, 2.24) is 13.9 Å². The minimum absolute atomic E-state index is 0.0802. The number of carbonyl (C=O) groups excluding carboxylic acids is 2. The molecule has 2 aromatic rings. The molecule has 172 valence electrons. The highest BCUT2D eigenvalue weighted by Crippen LogP contribution is 2.61. The lowest BCUT2D eigenvalue weighted by molar-refractivity contribution is -0.140. The van der Waals surface area contributed by atoms with E-state index in [4.69, 9.17) is 0 Å². The summed E-state index contributed by atoms with van der Waals surface area (Å²) in [4.78, 5) is 53.0. The first-order chi connectivity index (χ1) is 15.5. The van der Waals surface area contributed by atoms with Gasteiger partial charge in [0.1, 0.15) is 5.75 Å². The van der Waals surface area contributed by atoms with Crippen LogP contribution >= 0.6 is 0 Å². The van der Waals surface area contributed by atoms with Gasteiger partial charge in [-0.15, -0.1) is 0 Å². The van der Waals surface area contributed by atoms with E-state index in [1.54, 1.807) is 32.9 Å². The molecule has 8 heteroatoms. The number of hydrogen-bond acceptors (Lipinski definition) is 5. The molecule has 5 rings (SSSR count). The third kappa shape index (κ3) is 2.52. The highest BCUT2D eigenvalue weighted by Gasteiger charge is 2.60. The van der Waals surface area contributed by atoms with Crippen molar-refractivity contribution >= 4 is 11.6 Å². The molecule has 1 aromatic carbocycles. The Morgan fingerprint density at radius 3 is 2.42 bits per heavy atom. The number of fused-ring (bicyclic) bond motifs is 4. The first kappa shape index (κ1) is 21.4. The van der Waals surface area contributed by atoms with Crippen LogP contribution in [-0.2, 0) is 23.2 Å². The SMILES string of the molecule is CC1=C(C)C(=O)C2(C)C(CC3C(=CCn4c(=O)n(C)c(=O)n43)C2c2cccc(C)c2O)C1=O. The summed E-state index contributed by atoms with van der Waals surface area (Å²) in [6, 6.07) is 4.83. The molecule has 1 aliphatic heterocycles. The summed E-state index contributed by atoms with van der Waals surface area (Å²) < 4.78 is 3.87. The van der Waals surface area contributed by atoms with Crippen molar-refractivity contribution < 1.29 is 14.7 Å². The number of carbonyl (C=O) groups is 2. The van der Waals surface area contributed by atoms with E-state index in [1.165, 1.54) is 16.4 Å². The van der Waals surface area contributed by atoms with Gasteiger partial charge in [-0.3, -0.25) is 9.59 Å². The van der Waals surface area contributed by atoms with E-state index in [2.05, 4.69) is 0 Å². The molecule has 8 nitrogen and oxygen atoms in total. The lowest BCUT2D eigenvalue weighted by Crippen LogP contribution is -2.55. The van der Waals surface area contributed by atoms with Crippen LogP contribution in [0.5, 0.6) is 5.75 Å². The highest BCUT2D eigenvalue weighted by molar-refractivity contribution is 6.15. The fourth-order valence-electron chi connectivity index (χ4n) is 6.21. The molecular formula is C25H27N3O5. The molecule has 2 heterocycles. The van der Waals surface area contributed by atoms with Crippen LogP contribution in [0.3, 0.4) is 0 Å². The predicted molar refractivity (Wildman–Crippen MR) is 121 cm³/mol. The Kier molecular flexibility index (Phi) is 4.41. The molecule has 1 aromatic heterocycles. The number of aryl methyl sites for hydroxylation is 1. The van der Waals surface area contributed by atoms with Crippen molar-refractivity contribution in [1.29, 1.82) is 0 Å². The van der Waals surface area contributed by atoms with Crippen molar-refractivity contribution in [2.75, 3.05) is 0 Å². The minimum atomic E-state index is -1.12. The van der Waals surface area contributed by atoms with Crippen molar-refractivity contribution in [3.05, 3.63) is 73.1 Å². The Morgan fingerprint density at radius 2 is 1.73 bits per heavy atom. The summed E-state index contributed by atoms with van der Waals surface area (Å²) >= 11 is 0. The lowest BCUT2D eigenvalue weighted by Gasteiger charge is -2.53. The van der Waals surface area contributed by atoms with Crippen LogP contribution in [0.1, 0.15) is 50.3 Å². The zero-order valence-electron chi connectivity index (χ0n) is 19.4. The second-order valence-electron chi connectivity index (χ2n) is 9.73. The summed E-state index contributed by atoms with van der Waals surface area (Å²) in [5.41, 5.74) is 0.909. The zero-order valence-corrected chi connectivity index (χ0v) is 19.4. The van der Waals surface area contributed by atoms with E-state index in [0.717, 1.165) is 10.1 Å². The smallest absolute Gasteiger partial charge is 0.347 e. The number of para-hydroxylation sites is 1. The predicted octanol–water partition coefficient (Wildman–Crippen LogP) is 2.14. The Hall–Kier alpha value is -3.42. The van der Waals surface area contributed by atoms with Crippen LogP contribution in [0.2, 0.25) is 0 Å². The number of aromatic nitrogens is 3. The van der Waals surface area contributed by atoms with Crippen molar-refractivity contribution in [3.8, 4) is 5.75 Å². The zero-order chi connectivity index (χ0) is 24.0. The molecular weight excluding hydrogens is 422 g/mol. The van der Waals surface area contributed by atoms with Gasteiger partial charge in [0.2, 0.25) is 0 Å². The molecule has 0 amide bonds. The van der Waals surface area contributed by atoms with Gasteiger partial charge < -0.3 is 5.11 Å². The van der Waals surface area contributed by atoms with Gasteiger partial charge in [0, 0.05) is 24.4 Å². The number of hydrogen-bond donors (Lipinski definition) is 1. The van der Waals surface area contributed by atoms with Gasteiger partial charge in [-0.1, -0.05) is 31.2 Å². The molecule has 0 radical (unpaired) electrons. The monoisotopic (exact) mass is 449 g/mol. The van der Waals surface area contributed by atoms with Crippen molar-refractivity contribution in [2.45, 2.75) is 52.6 Å². The van der Waals surface area contributed by atoms with Crippen LogP contribution in [0.25, 0.3) is 0 Å². The maximum absolute atomic E-state index is 13.8. The summed E-state index contributed by atoms with van der Waals surface area (Å²) in [5.74, 6) is -1.45. The number of ketones is 2. The van der Waals surface area contributed by atoms with Crippen LogP contribution < -0.4 is 11.4 Å². The number of Topliss-reactive ketones (excluding diaryl/α,β-unsaturated/α-hetero) is 2. The van der Waals surface area contributed by atoms with Gasteiger partial charge in [0.25, 0.3) is 0 Å². The van der Waals surface area contributed by atoms with E-state index in [0.29, 0.717) is 22.3 Å². The van der Waals surface area contributed by atoms with E-state index >= 15 is 0 Å². The Labute approximate surface area is 190 Å². The quantitative estimate of drug-likeness (QED) is 0.672. The van der Waals surface area contributed by atoms with Gasteiger partial charge in [-0.2, -0.15) is 0 Å². The van der Waals surface area contributed by atoms with Crippen molar-refractivity contribution in [3.63, 3.8) is 0 Å². The number of aromatic hydroxyl groups is 1. The Balaban J connectivity index is 1.84. The fraction of sp³-hybridized carbons (Fsp3) is 0.440. The standard InChI is InChI=1S/C25H27N3O5/c1-12-7-6-8-16(20(12)29)19-15-9-10-27-23(32)26(5)24(33)28(27)18(15)11-17-21(30)13(2)14(3)22(31)25(17,19)4/h6-9,17-19,29H,10-11H2,1-5H3. The molecule has 1 N–H and O–H groups in total. The van der Waals surface area contributed by atoms with E-state index < -0.39 is 34.7 Å². The van der Waals surface area contributed by atoms with Gasteiger partial charge in [0.05, 0.1) is 18.0 Å². The maximum Gasteiger partial charge on any atom is 0.347 e. The average molecular weight is 450 g/mol. The topological polar surface area (TPSA) is 103 Å². The first-order valence-electron chi connectivity index (χ1n) is 11.1. The van der Waals surface area contributed by atoms with E-state index in [-0.39, 0.29) is 30.3 Å². The van der Waals surface area contributed by atoms with Crippen LogP contribution in [0.15, 0.2) is 50.6 Å². The summed E-state index contributed by atoms with van der Waals surface area (Å²) in [6.07, 6.45) is 2.13. The largest absolute Gasteiger partial charge is 0.507 e. The van der Waals surface area contributed by atoms with Crippen LogP contribution in [0, 0.1) is 18.3 Å². The average Bonchev–Trinajstić information content (AvgIpc) is 3.02. The fourth-order valence-corrected chi connectivity index (χ4v) is 6.21. The van der Waals surface area contributed by atoms with Gasteiger partial charge in [-0.05, 0) is 49.5 Å². The number of phenolic OH excluding ortho intramolecular Hbond substituents is 1. The van der Waals surface area contributed by atoms with Gasteiger partial charge in [0.15, 0.2) is 11.6 Å². The highest BCUT2D eigenvalue weighted by atomic mass is 16.3. The number of nitrogens with zero attached hydrogens (tertiary/aromatic N) is 3. The van der Waals surface area contributed by atoms with E-state index in [1.807, 2.05) is 19.1 Å². The molecule has 0 saturated heterocycles. The molecule has 4 atom stereocenters. The third-order valence-electron chi connectivity index (χ3n) is 8.20. The lowest BCUT2D eigenvalue weighted by atomic mass is 9.50. The Bertz CT molecular complexity index is 1430. The molecule has 33 heavy (non-hydrogen) atoms. The van der Waals surface area contributed by atoms with Crippen LogP contribution in [0.4, 0.5) is 0 Å².